The van der Waals surface area contributed by atoms with Crippen molar-refractivity contribution in [2.75, 3.05) is 17.4 Å². The molecule has 0 spiro atoms. The van der Waals surface area contributed by atoms with E-state index in [0.717, 1.165) is 22.7 Å². The van der Waals surface area contributed by atoms with E-state index in [1.54, 1.807) is 55.5 Å². The van der Waals surface area contributed by atoms with Gasteiger partial charge in [0.1, 0.15) is 12.6 Å². The van der Waals surface area contributed by atoms with Crippen LogP contribution in [0.5, 0.6) is 0 Å². The summed E-state index contributed by atoms with van der Waals surface area (Å²) in [5, 5.41) is 3.79. The van der Waals surface area contributed by atoms with Gasteiger partial charge in [0.25, 0.3) is 10.0 Å². The van der Waals surface area contributed by atoms with E-state index in [0.29, 0.717) is 27.7 Å². The van der Waals surface area contributed by atoms with Crippen LogP contribution in [0.3, 0.4) is 0 Å². The number of aryl methyl sites for hydroxylation is 1. The average molecular weight is 667 g/mol. The lowest BCUT2D eigenvalue weighted by Crippen LogP contribution is -2.53. The molecule has 2 amide bonds. The topological polar surface area (TPSA) is 86.8 Å². The van der Waals surface area contributed by atoms with Crippen molar-refractivity contribution >= 4 is 50.7 Å². The van der Waals surface area contributed by atoms with E-state index < -0.39 is 28.5 Å². The van der Waals surface area contributed by atoms with E-state index in [9.17, 15) is 18.0 Å². The molecule has 0 aliphatic rings. The maximum absolute atomic E-state index is 14.5. The van der Waals surface area contributed by atoms with E-state index in [4.69, 9.17) is 23.2 Å². The summed E-state index contributed by atoms with van der Waals surface area (Å²) in [4.78, 5) is 29.8. The molecule has 0 unspecified atom stereocenters. The van der Waals surface area contributed by atoms with Crippen molar-refractivity contribution in [2.45, 2.75) is 50.6 Å². The Bertz CT molecular complexity index is 1700. The Morgan fingerprint density at radius 1 is 0.822 bits per heavy atom. The molecule has 45 heavy (non-hydrogen) atoms. The monoisotopic (exact) mass is 665 g/mol. The minimum atomic E-state index is -4.22. The molecular formula is C35H37Cl2N3O4S. The number of halogens is 2. The molecule has 0 bridgehead atoms. The number of hydrogen-bond acceptors (Lipinski definition) is 4. The van der Waals surface area contributed by atoms with Crippen LogP contribution in [0.1, 0.15) is 36.5 Å². The molecule has 0 aliphatic heterocycles. The Labute approximate surface area is 275 Å². The molecule has 0 fully saturated rings. The first-order chi connectivity index (χ1) is 21.6. The first-order valence-corrected chi connectivity index (χ1v) is 17.0. The van der Waals surface area contributed by atoms with Gasteiger partial charge >= 0.3 is 0 Å². The van der Waals surface area contributed by atoms with Crippen molar-refractivity contribution in [3.8, 4) is 0 Å². The Balaban J connectivity index is 1.81. The summed E-state index contributed by atoms with van der Waals surface area (Å²) in [5.41, 5.74) is 2.45. The predicted molar refractivity (Wildman–Crippen MR) is 181 cm³/mol. The number of amides is 2. The predicted octanol–water partition coefficient (Wildman–Crippen LogP) is 7.05. The Morgan fingerprint density at radius 2 is 1.47 bits per heavy atom. The van der Waals surface area contributed by atoms with Gasteiger partial charge in [-0.2, -0.15) is 0 Å². The molecule has 0 radical (unpaired) electrons. The lowest BCUT2D eigenvalue weighted by atomic mass is 10.0. The van der Waals surface area contributed by atoms with Crippen LogP contribution in [-0.4, -0.2) is 44.3 Å². The van der Waals surface area contributed by atoms with Crippen LogP contribution in [0, 0.1) is 6.92 Å². The number of nitrogens with one attached hydrogen (secondary N) is 1. The molecule has 0 saturated heterocycles. The van der Waals surface area contributed by atoms with Crippen molar-refractivity contribution in [2.24, 2.45) is 0 Å². The third kappa shape index (κ3) is 9.10. The van der Waals surface area contributed by atoms with E-state index in [-0.39, 0.29) is 29.5 Å². The fourth-order valence-electron chi connectivity index (χ4n) is 4.98. The van der Waals surface area contributed by atoms with Crippen molar-refractivity contribution in [3.05, 3.63) is 130 Å². The highest BCUT2D eigenvalue weighted by Crippen LogP contribution is 2.30. The fraction of sp³-hybridized carbons (Fsp3) is 0.257. The quantitative estimate of drug-likeness (QED) is 0.146. The van der Waals surface area contributed by atoms with Gasteiger partial charge in [0, 0.05) is 29.6 Å². The lowest BCUT2D eigenvalue weighted by molar-refractivity contribution is -0.140. The van der Waals surface area contributed by atoms with Crippen LogP contribution in [0.4, 0.5) is 5.69 Å². The van der Waals surface area contributed by atoms with E-state index >= 15 is 0 Å². The van der Waals surface area contributed by atoms with Crippen LogP contribution in [0.2, 0.25) is 10.0 Å². The van der Waals surface area contributed by atoms with Crippen LogP contribution in [0.15, 0.2) is 108 Å². The average Bonchev–Trinajstić information content (AvgIpc) is 3.03. The maximum atomic E-state index is 14.5. The summed E-state index contributed by atoms with van der Waals surface area (Å²) in [6.45, 7) is 3.71. The highest BCUT2D eigenvalue weighted by atomic mass is 35.5. The molecular weight excluding hydrogens is 629 g/mol. The number of hydrogen-bond donors (Lipinski definition) is 1. The molecule has 10 heteroatoms. The number of sulfonamides is 1. The number of rotatable bonds is 14. The molecule has 0 aliphatic carbocycles. The van der Waals surface area contributed by atoms with Crippen molar-refractivity contribution in [1.29, 1.82) is 0 Å². The molecule has 1 atom stereocenters. The molecule has 0 heterocycles. The third-order valence-electron chi connectivity index (χ3n) is 7.39. The molecule has 7 nitrogen and oxygen atoms in total. The second-order valence-electron chi connectivity index (χ2n) is 10.8. The second kappa shape index (κ2) is 15.9. The lowest BCUT2D eigenvalue weighted by Gasteiger charge is -2.34. The van der Waals surface area contributed by atoms with Crippen molar-refractivity contribution in [1.82, 2.24) is 10.2 Å². The van der Waals surface area contributed by atoms with Gasteiger partial charge in [0.05, 0.1) is 10.6 Å². The van der Waals surface area contributed by atoms with Crippen molar-refractivity contribution in [3.63, 3.8) is 0 Å². The van der Waals surface area contributed by atoms with Crippen LogP contribution in [0.25, 0.3) is 0 Å². The van der Waals surface area contributed by atoms with Crippen LogP contribution in [-0.2, 0) is 32.6 Å². The molecule has 236 valence electrons. The smallest absolute Gasteiger partial charge is 0.264 e. The summed E-state index contributed by atoms with van der Waals surface area (Å²) in [7, 11) is -4.22. The zero-order valence-electron chi connectivity index (χ0n) is 25.3. The number of anilines is 1. The highest BCUT2D eigenvalue weighted by molar-refractivity contribution is 7.92. The molecule has 1 N–H and O–H groups in total. The summed E-state index contributed by atoms with van der Waals surface area (Å²) in [6, 6.07) is 28.4. The number of unbranched alkanes of at least 4 members (excludes halogenated alkanes) is 1. The number of benzene rings is 4. The van der Waals surface area contributed by atoms with E-state index in [2.05, 4.69) is 5.32 Å². The zero-order valence-corrected chi connectivity index (χ0v) is 27.7. The summed E-state index contributed by atoms with van der Waals surface area (Å²) >= 11 is 12.6. The Hall–Kier alpha value is -3.85. The Kier molecular flexibility index (Phi) is 12.0. The minimum absolute atomic E-state index is 0.0247. The molecule has 4 aromatic carbocycles. The summed E-state index contributed by atoms with van der Waals surface area (Å²) in [5.74, 6) is -0.875. The van der Waals surface area contributed by atoms with Gasteiger partial charge in [-0.3, -0.25) is 13.9 Å². The van der Waals surface area contributed by atoms with Gasteiger partial charge < -0.3 is 10.2 Å². The minimum Gasteiger partial charge on any atom is -0.354 e. The van der Waals surface area contributed by atoms with Gasteiger partial charge in [-0.25, -0.2) is 8.42 Å². The number of carbonyl (C=O) groups excluding carboxylic acids is 2. The highest BCUT2D eigenvalue weighted by Gasteiger charge is 2.35. The Morgan fingerprint density at radius 3 is 2.13 bits per heavy atom. The zero-order chi connectivity index (χ0) is 32.4. The first kappa shape index (κ1) is 34.0. The first-order valence-electron chi connectivity index (χ1n) is 14.8. The third-order valence-corrected chi connectivity index (χ3v) is 9.64. The standard InChI is InChI=1S/C35H37Cl2N3O4S/c1-3-4-20-38-35(42)33(22-27-12-7-5-8-13-27)39(24-28-14-11-15-29(36)21-28)34(41)25-40(32-23-30(37)19-18-26(32)2)45(43,44)31-16-9-6-10-17-31/h5-19,21,23,33H,3-4,20,22,24-25H2,1-2H3,(H,38,42)/t33-/m0/s1. The van der Waals surface area contributed by atoms with Gasteiger partial charge in [0.15, 0.2) is 0 Å². The van der Waals surface area contributed by atoms with Crippen LogP contribution >= 0.6 is 23.2 Å². The molecule has 4 rings (SSSR count). The van der Waals surface area contributed by atoms with Gasteiger partial charge in [-0.1, -0.05) is 103 Å². The van der Waals surface area contributed by atoms with Crippen molar-refractivity contribution < 1.29 is 18.0 Å². The normalized spacial score (nSPS) is 11.9. The molecule has 4 aromatic rings. The van der Waals surface area contributed by atoms with Gasteiger partial charge in [-0.15, -0.1) is 0 Å². The molecule has 0 saturated carbocycles. The largest absolute Gasteiger partial charge is 0.354 e. The second-order valence-corrected chi connectivity index (χ2v) is 13.5. The van der Waals surface area contributed by atoms with Crippen LogP contribution < -0.4 is 9.62 Å². The van der Waals surface area contributed by atoms with E-state index in [1.165, 1.54) is 23.1 Å². The summed E-state index contributed by atoms with van der Waals surface area (Å²) < 4.78 is 29.4. The number of carbonyl (C=O) groups is 2. The summed E-state index contributed by atoms with van der Waals surface area (Å²) in [6.07, 6.45) is 1.90. The molecule has 0 aromatic heterocycles. The van der Waals surface area contributed by atoms with E-state index in [1.807, 2.05) is 43.3 Å². The number of nitrogens with zero attached hydrogens (tertiary/aromatic N) is 2. The van der Waals surface area contributed by atoms with Gasteiger partial charge in [-0.05, 0) is 66.4 Å². The fourth-order valence-corrected chi connectivity index (χ4v) is 6.85. The SMILES string of the molecule is CCCCNC(=O)[C@H](Cc1ccccc1)N(Cc1cccc(Cl)c1)C(=O)CN(c1cc(Cl)ccc1C)S(=O)(=O)c1ccccc1. The van der Waals surface area contributed by atoms with Gasteiger partial charge in [0.2, 0.25) is 11.8 Å². The maximum Gasteiger partial charge on any atom is 0.264 e.